The molecule has 3 aliphatic heterocycles. The number of rotatable bonds is 3. The lowest BCUT2D eigenvalue weighted by molar-refractivity contribution is 0.133. The maximum atomic E-state index is 14.2. The minimum absolute atomic E-state index is 0.233. The summed E-state index contributed by atoms with van der Waals surface area (Å²) in [6.45, 7) is 8.38. The van der Waals surface area contributed by atoms with Crippen molar-refractivity contribution in [1.82, 2.24) is 9.80 Å². The zero-order valence-electron chi connectivity index (χ0n) is 19.6. The van der Waals surface area contributed by atoms with Crippen LogP contribution in [0.25, 0.3) is 0 Å². The first-order valence-electron chi connectivity index (χ1n) is 12.7. The van der Waals surface area contributed by atoms with Crippen molar-refractivity contribution in [2.75, 3.05) is 31.1 Å². The third-order valence-corrected chi connectivity index (χ3v) is 8.62. The van der Waals surface area contributed by atoms with E-state index in [0.29, 0.717) is 17.6 Å². The predicted octanol–water partition coefficient (Wildman–Crippen LogP) is 5.31. The third kappa shape index (κ3) is 3.74. The lowest BCUT2D eigenvalue weighted by Crippen LogP contribution is -2.63. The molecule has 1 spiro atoms. The second-order valence-electron chi connectivity index (χ2n) is 10.4. The minimum Gasteiger partial charge on any atom is -0.358 e. The molecule has 6 heteroatoms. The van der Waals surface area contributed by atoms with Crippen LogP contribution in [0.15, 0.2) is 29.3 Å². The van der Waals surface area contributed by atoms with Crippen LogP contribution in [0.5, 0.6) is 0 Å². The van der Waals surface area contributed by atoms with E-state index < -0.39 is 5.54 Å². The molecule has 1 aromatic rings. The molecule has 0 aromatic heterocycles. The van der Waals surface area contributed by atoms with E-state index in [1.165, 1.54) is 50.7 Å². The van der Waals surface area contributed by atoms with Gasteiger partial charge in [0.2, 0.25) is 0 Å². The monoisotopic (exact) mass is 440 g/mol. The van der Waals surface area contributed by atoms with Gasteiger partial charge < -0.3 is 9.80 Å². The molecule has 4 aliphatic rings. The van der Waals surface area contributed by atoms with Crippen molar-refractivity contribution in [3.63, 3.8) is 0 Å². The average Bonchev–Trinajstić information content (AvgIpc) is 3.38. The van der Waals surface area contributed by atoms with Crippen LogP contribution in [0.3, 0.4) is 0 Å². The molecule has 3 heterocycles. The van der Waals surface area contributed by atoms with Gasteiger partial charge in [-0.2, -0.15) is 4.99 Å². The van der Waals surface area contributed by atoms with E-state index in [0.717, 1.165) is 50.8 Å². The summed E-state index contributed by atoms with van der Waals surface area (Å²) in [5, 5.41) is 0. The van der Waals surface area contributed by atoms with Gasteiger partial charge in [0.1, 0.15) is 17.2 Å². The standard InChI is InChI=1S/C26H37FN4O/c1-3-29-15-13-26(17-19(29)2)24(28-25(32)31(26)23-11-7-10-22(27)16-23)30-14-12-21(18-30)20-8-5-4-6-9-20/h7,10-11,16,19-21H,3-6,8-9,12-15,17-18H2,1-2H3/t19-,21?,26+/m0/s1. The van der Waals surface area contributed by atoms with Crippen molar-refractivity contribution in [3.8, 4) is 0 Å². The second kappa shape index (κ2) is 8.77. The second-order valence-corrected chi connectivity index (χ2v) is 10.4. The molecule has 0 bridgehead atoms. The highest BCUT2D eigenvalue weighted by atomic mass is 19.1. The normalized spacial score (nSPS) is 32.2. The van der Waals surface area contributed by atoms with Gasteiger partial charge in [0.15, 0.2) is 0 Å². The van der Waals surface area contributed by atoms with Crippen LogP contribution in [-0.4, -0.2) is 59.4 Å². The Morgan fingerprint density at radius 1 is 1.12 bits per heavy atom. The number of piperidine rings is 1. The molecule has 0 radical (unpaired) electrons. The zero-order chi connectivity index (χ0) is 22.3. The first-order valence-corrected chi connectivity index (χ1v) is 12.7. The number of benzene rings is 1. The van der Waals surface area contributed by atoms with Crippen LogP contribution < -0.4 is 4.90 Å². The number of urea groups is 1. The number of hydrogen-bond acceptors (Lipinski definition) is 3. The quantitative estimate of drug-likeness (QED) is 0.639. The number of likely N-dealkylation sites (tertiary alicyclic amines) is 2. The summed E-state index contributed by atoms with van der Waals surface area (Å²) in [5.74, 6) is 2.17. The third-order valence-electron chi connectivity index (χ3n) is 8.62. The Bertz CT molecular complexity index is 882. The van der Waals surface area contributed by atoms with E-state index in [9.17, 15) is 9.18 Å². The molecule has 174 valence electrons. The molecule has 1 aromatic carbocycles. The van der Waals surface area contributed by atoms with E-state index >= 15 is 0 Å². The molecule has 3 atom stereocenters. The van der Waals surface area contributed by atoms with Crippen molar-refractivity contribution < 1.29 is 9.18 Å². The number of anilines is 1. The molecular weight excluding hydrogens is 403 g/mol. The van der Waals surface area contributed by atoms with E-state index in [-0.39, 0.29) is 11.8 Å². The summed E-state index contributed by atoms with van der Waals surface area (Å²) >= 11 is 0. The number of amidine groups is 1. The van der Waals surface area contributed by atoms with Gasteiger partial charge in [0.05, 0.1) is 0 Å². The molecule has 2 amide bonds. The molecule has 5 nitrogen and oxygen atoms in total. The van der Waals surface area contributed by atoms with Crippen molar-refractivity contribution >= 4 is 17.6 Å². The maximum absolute atomic E-state index is 14.2. The number of carbonyl (C=O) groups excluding carboxylic acids is 1. The summed E-state index contributed by atoms with van der Waals surface area (Å²) in [6, 6.07) is 6.59. The summed E-state index contributed by atoms with van der Waals surface area (Å²) in [7, 11) is 0. The Labute approximate surface area is 191 Å². The Balaban J connectivity index is 1.46. The molecular formula is C26H37FN4O. The summed E-state index contributed by atoms with van der Waals surface area (Å²) in [6.07, 6.45) is 9.70. The highest BCUT2D eigenvalue weighted by molar-refractivity contribution is 6.16. The van der Waals surface area contributed by atoms with Gasteiger partial charge in [0.25, 0.3) is 0 Å². The van der Waals surface area contributed by atoms with Gasteiger partial charge in [-0.15, -0.1) is 0 Å². The predicted molar refractivity (Wildman–Crippen MR) is 127 cm³/mol. The van der Waals surface area contributed by atoms with Crippen LogP contribution in [0.2, 0.25) is 0 Å². The fraction of sp³-hybridized carbons (Fsp3) is 0.692. The smallest absolute Gasteiger partial charge is 0.350 e. The van der Waals surface area contributed by atoms with Gasteiger partial charge in [-0.3, -0.25) is 4.90 Å². The Kier molecular flexibility index (Phi) is 5.99. The number of carbonyl (C=O) groups is 1. The molecule has 1 unspecified atom stereocenters. The fourth-order valence-electron chi connectivity index (χ4n) is 6.98. The first-order chi connectivity index (χ1) is 15.5. The average molecular weight is 441 g/mol. The molecule has 32 heavy (non-hydrogen) atoms. The Morgan fingerprint density at radius 3 is 2.66 bits per heavy atom. The number of hydrogen-bond donors (Lipinski definition) is 0. The lowest BCUT2D eigenvalue weighted by atomic mass is 9.79. The lowest BCUT2D eigenvalue weighted by Gasteiger charge is -2.49. The summed E-state index contributed by atoms with van der Waals surface area (Å²) < 4.78 is 14.2. The van der Waals surface area contributed by atoms with Crippen molar-refractivity contribution in [1.29, 1.82) is 0 Å². The molecule has 3 fully saturated rings. The van der Waals surface area contributed by atoms with Crippen molar-refractivity contribution in [2.24, 2.45) is 16.8 Å². The topological polar surface area (TPSA) is 39.1 Å². The largest absolute Gasteiger partial charge is 0.358 e. The number of amides is 2. The van der Waals surface area contributed by atoms with Gasteiger partial charge in [-0.1, -0.05) is 45.1 Å². The number of halogens is 1. The molecule has 2 saturated heterocycles. The Hall–Kier alpha value is -1.95. The van der Waals surface area contributed by atoms with Crippen LogP contribution in [0.1, 0.15) is 65.2 Å². The van der Waals surface area contributed by atoms with Gasteiger partial charge in [-0.25, -0.2) is 9.18 Å². The highest BCUT2D eigenvalue weighted by Crippen LogP contribution is 2.44. The van der Waals surface area contributed by atoms with Gasteiger partial charge in [0, 0.05) is 31.4 Å². The van der Waals surface area contributed by atoms with E-state index in [1.54, 1.807) is 6.07 Å². The molecule has 5 rings (SSSR count). The number of aliphatic imine (C=N–C) groups is 1. The van der Waals surface area contributed by atoms with Crippen LogP contribution >= 0.6 is 0 Å². The fourth-order valence-corrected chi connectivity index (χ4v) is 6.98. The van der Waals surface area contributed by atoms with Crippen LogP contribution in [-0.2, 0) is 0 Å². The van der Waals surface area contributed by atoms with Crippen LogP contribution in [0, 0.1) is 17.7 Å². The molecule has 0 N–H and O–H groups in total. The van der Waals surface area contributed by atoms with E-state index in [2.05, 4.69) is 28.6 Å². The first kappa shape index (κ1) is 21.9. The highest BCUT2D eigenvalue weighted by Gasteiger charge is 2.55. The van der Waals surface area contributed by atoms with Crippen LogP contribution in [0.4, 0.5) is 14.9 Å². The van der Waals surface area contributed by atoms with E-state index in [4.69, 9.17) is 0 Å². The summed E-state index contributed by atoms with van der Waals surface area (Å²) in [4.78, 5) is 24.8. The summed E-state index contributed by atoms with van der Waals surface area (Å²) in [5.41, 5.74) is 0.158. The minimum atomic E-state index is -0.475. The van der Waals surface area contributed by atoms with E-state index in [1.807, 2.05) is 11.0 Å². The van der Waals surface area contributed by atoms with Gasteiger partial charge in [-0.05, 0) is 62.8 Å². The van der Waals surface area contributed by atoms with Crippen molar-refractivity contribution in [2.45, 2.75) is 76.8 Å². The molecule has 1 aliphatic carbocycles. The maximum Gasteiger partial charge on any atom is 0.350 e. The molecule has 1 saturated carbocycles. The van der Waals surface area contributed by atoms with Gasteiger partial charge >= 0.3 is 6.03 Å². The zero-order valence-corrected chi connectivity index (χ0v) is 19.6. The Morgan fingerprint density at radius 2 is 1.94 bits per heavy atom. The SMILES string of the molecule is CCN1CC[C@@]2(C[C@@H]1C)C(N1CCC(C3CCCCC3)C1)=NC(=O)N2c1cccc(F)c1. The van der Waals surface area contributed by atoms with Crippen molar-refractivity contribution in [3.05, 3.63) is 30.1 Å². The number of nitrogens with zero attached hydrogens (tertiary/aromatic N) is 4.